The minimum absolute atomic E-state index is 0.739. The van der Waals surface area contributed by atoms with Gasteiger partial charge in [0, 0.05) is 14.2 Å². The predicted molar refractivity (Wildman–Crippen MR) is 47.5 cm³/mol. The first-order valence-corrected chi connectivity index (χ1v) is 5.21. The lowest BCUT2D eigenvalue weighted by Crippen LogP contribution is -2.25. The van der Waals surface area contributed by atoms with E-state index in [0.717, 1.165) is 21.3 Å². The molecule has 0 aliphatic carbocycles. The molecule has 0 aromatic carbocycles. The summed E-state index contributed by atoms with van der Waals surface area (Å²) < 4.78 is 60.8. The third kappa shape index (κ3) is 3.58. The summed E-state index contributed by atoms with van der Waals surface area (Å²) in [5.41, 5.74) is -1.96. The molecule has 0 aliphatic rings. The van der Waals surface area contributed by atoms with Crippen LogP contribution >= 0.6 is 7.60 Å². The van der Waals surface area contributed by atoms with Crippen molar-refractivity contribution in [2.75, 3.05) is 21.3 Å². The van der Waals surface area contributed by atoms with E-state index in [4.69, 9.17) is 0 Å². The molecule has 0 heterocycles. The molecule has 0 saturated carbocycles. The molecule has 0 bridgehead atoms. The Morgan fingerprint density at radius 1 is 1.19 bits per heavy atom. The summed E-state index contributed by atoms with van der Waals surface area (Å²) >= 11 is 0. The fraction of sp³-hybridized carbons (Fsp3) is 0.667. The van der Waals surface area contributed by atoms with Gasteiger partial charge in [0.15, 0.2) is 0 Å². The Kier molecular flexibility index (Phi) is 5.11. The zero-order chi connectivity index (χ0) is 13.0. The summed E-state index contributed by atoms with van der Waals surface area (Å²) in [4.78, 5) is 13.1. The zero-order valence-electron chi connectivity index (χ0n) is 8.57. The summed E-state index contributed by atoms with van der Waals surface area (Å²) in [5, 5.41) is 0. The average Bonchev–Trinajstić information content (AvgIpc) is 2.22. The van der Waals surface area contributed by atoms with Crippen LogP contribution < -0.4 is 0 Å². The highest BCUT2D eigenvalue weighted by molar-refractivity contribution is 7.72. The molecular formula is C6H9F3NO5P. The zero-order valence-corrected chi connectivity index (χ0v) is 9.46. The van der Waals surface area contributed by atoms with E-state index in [-0.39, 0.29) is 0 Å². The van der Waals surface area contributed by atoms with Gasteiger partial charge in [-0.1, -0.05) is 0 Å². The number of ether oxygens (including phenoxy) is 1. The molecule has 0 N–H and O–H groups in total. The molecule has 1 amide bonds. The fourth-order valence-electron chi connectivity index (χ4n) is 0.659. The van der Waals surface area contributed by atoms with Crippen molar-refractivity contribution in [1.29, 1.82) is 0 Å². The van der Waals surface area contributed by atoms with E-state index < -0.39 is 25.3 Å². The molecule has 0 unspecified atom stereocenters. The highest BCUT2D eigenvalue weighted by atomic mass is 31.2. The van der Waals surface area contributed by atoms with Crippen LogP contribution in [0.1, 0.15) is 0 Å². The van der Waals surface area contributed by atoms with Crippen LogP contribution in [0.15, 0.2) is 4.99 Å². The van der Waals surface area contributed by atoms with E-state index in [1.165, 1.54) is 0 Å². The molecular weight excluding hydrogens is 254 g/mol. The van der Waals surface area contributed by atoms with Crippen LogP contribution in [0.4, 0.5) is 18.0 Å². The molecule has 10 heteroatoms. The number of hydrogen-bond acceptors (Lipinski definition) is 5. The second-order valence-corrected chi connectivity index (χ2v) is 4.41. The number of aliphatic imine (C=N–C) groups is 1. The molecule has 6 nitrogen and oxygen atoms in total. The van der Waals surface area contributed by atoms with E-state index in [1.807, 2.05) is 0 Å². The van der Waals surface area contributed by atoms with E-state index in [0.29, 0.717) is 0 Å². The topological polar surface area (TPSA) is 74.2 Å². The summed E-state index contributed by atoms with van der Waals surface area (Å²) in [5.74, 6) is 0. The van der Waals surface area contributed by atoms with Crippen molar-refractivity contribution in [3.05, 3.63) is 0 Å². The quantitative estimate of drug-likeness (QED) is 0.576. The molecule has 16 heavy (non-hydrogen) atoms. The lowest BCUT2D eigenvalue weighted by molar-refractivity contribution is -0.0573. The Morgan fingerprint density at radius 2 is 1.62 bits per heavy atom. The standard InChI is InChI=1S/C6H9F3NO5P/c1-13-5(11)10-4(6(7,8)9)16(12,14-2)15-3/h1-3H3/b10-4+. The highest BCUT2D eigenvalue weighted by Crippen LogP contribution is 2.53. The lowest BCUT2D eigenvalue weighted by Gasteiger charge is -2.17. The van der Waals surface area contributed by atoms with Crippen molar-refractivity contribution in [3.63, 3.8) is 0 Å². The Balaban J connectivity index is 5.52. The van der Waals surface area contributed by atoms with Crippen LogP contribution in [0.25, 0.3) is 0 Å². The van der Waals surface area contributed by atoms with E-state index >= 15 is 0 Å². The SMILES string of the molecule is COC(=O)/N=C(\C(F)(F)F)P(=O)(OC)OC. The summed E-state index contributed by atoms with van der Waals surface area (Å²) in [6, 6.07) is 0. The van der Waals surface area contributed by atoms with Gasteiger partial charge >= 0.3 is 19.9 Å². The molecule has 0 aliphatic heterocycles. The maximum atomic E-state index is 12.4. The fourth-order valence-corrected chi connectivity index (χ4v) is 1.67. The van der Waals surface area contributed by atoms with Gasteiger partial charge in [0.2, 0.25) is 5.45 Å². The predicted octanol–water partition coefficient (Wildman–Crippen LogP) is 2.20. The third-order valence-electron chi connectivity index (χ3n) is 1.37. The minimum atomic E-state index is -5.13. The van der Waals surface area contributed by atoms with Crippen LogP contribution in [0, 0.1) is 0 Å². The number of alkyl halides is 3. The van der Waals surface area contributed by atoms with Gasteiger partial charge in [0.05, 0.1) is 7.11 Å². The smallest absolute Gasteiger partial charge is 0.441 e. The third-order valence-corrected chi connectivity index (χ3v) is 3.20. The number of nitrogens with zero attached hydrogens (tertiary/aromatic N) is 1. The monoisotopic (exact) mass is 263 g/mol. The lowest BCUT2D eigenvalue weighted by atomic mass is 10.7. The first-order chi connectivity index (χ1) is 7.21. The van der Waals surface area contributed by atoms with Crippen LogP contribution in [0.5, 0.6) is 0 Å². The molecule has 0 aromatic rings. The minimum Gasteiger partial charge on any atom is -0.451 e. The number of hydrogen-bond donors (Lipinski definition) is 0. The van der Waals surface area contributed by atoms with Crippen molar-refractivity contribution in [2.24, 2.45) is 4.99 Å². The molecule has 0 spiro atoms. The number of carbonyl (C=O) groups is 1. The number of methoxy groups -OCH3 is 1. The van der Waals surface area contributed by atoms with Gasteiger partial charge in [-0.3, -0.25) is 4.57 Å². The van der Waals surface area contributed by atoms with Crippen molar-refractivity contribution in [2.45, 2.75) is 6.18 Å². The number of carbonyl (C=O) groups excluding carboxylic acids is 1. The summed E-state index contributed by atoms with van der Waals surface area (Å²) in [6.45, 7) is 0. The first-order valence-electron chi connectivity index (χ1n) is 3.67. The van der Waals surface area contributed by atoms with Gasteiger partial charge in [0.25, 0.3) is 0 Å². The summed E-state index contributed by atoms with van der Waals surface area (Å²) in [6.07, 6.45) is -6.68. The van der Waals surface area contributed by atoms with Crippen LogP contribution in [0.3, 0.4) is 0 Å². The van der Waals surface area contributed by atoms with Gasteiger partial charge in [-0.15, -0.1) is 0 Å². The largest absolute Gasteiger partial charge is 0.451 e. The number of rotatable bonds is 3. The maximum absolute atomic E-state index is 12.4. The van der Waals surface area contributed by atoms with Crippen LogP contribution in [0.2, 0.25) is 0 Å². The van der Waals surface area contributed by atoms with Crippen LogP contribution in [-0.2, 0) is 18.3 Å². The van der Waals surface area contributed by atoms with Crippen molar-refractivity contribution < 1.29 is 36.3 Å². The molecule has 0 atom stereocenters. The normalized spacial score (nSPS) is 13.8. The molecule has 0 rings (SSSR count). The second-order valence-electron chi connectivity index (χ2n) is 2.27. The summed E-state index contributed by atoms with van der Waals surface area (Å²) in [7, 11) is -2.35. The Bertz CT molecular complexity index is 332. The number of halogens is 3. The van der Waals surface area contributed by atoms with Crippen molar-refractivity contribution in [3.8, 4) is 0 Å². The number of amides is 1. The molecule has 94 valence electrons. The Labute approximate surface area is 88.9 Å². The molecule has 0 saturated heterocycles. The van der Waals surface area contributed by atoms with Gasteiger partial charge in [-0.25, -0.2) is 4.79 Å². The average molecular weight is 263 g/mol. The van der Waals surface area contributed by atoms with E-state index in [2.05, 4.69) is 18.8 Å². The molecule has 0 radical (unpaired) electrons. The second kappa shape index (κ2) is 5.42. The van der Waals surface area contributed by atoms with Gasteiger partial charge in [-0.05, 0) is 0 Å². The molecule has 0 aromatic heterocycles. The first kappa shape index (κ1) is 15.1. The maximum Gasteiger partial charge on any atom is 0.441 e. The van der Waals surface area contributed by atoms with Gasteiger partial charge in [-0.2, -0.15) is 18.2 Å². The van der Waals surface area contributed by atoms with Crippen molar-refractivity contribution >= 4 is 19.1 Å². The van der Waals surface area contributed by atoms with Gasteiger partial charge in [0.1, 0.15) is 0 Å². The molecule has 0 fully saturated rings. The van der Waals surface area contributed by atoms with Crippen LogP contribution in [-0.4, -0.2) is 39.1 Å². The van der Waals surface area contributed by atoms with E-state index in [1.54, 1.807) is 0 Å². The van der Waals surface area contributed by atoms with Crippen molar-refractivity contribution in [1.82, 2.24) is 0 Å². The van der Waals surface area contributed by atoms with E-state index in [9.17, 15) is 22.5 Å². The van der Waals surface area contributed by atoms with Gasteiger partial charge < -0.3 is 13.8 Å². The Hall–Kier alpha value is -0.920. The highest BCUT2D eigenvalue weighted by Gasteiger charge is 2.50. The Morgan fingerprint density at radius 3 is 1.88 bits per heavy atom.